The van der Waals surface area contributed by atoms with Crippen LogP contribution in [0.25, 0.3) is 0 Å². The molecule has 0 spiro atoms. The van der Waals surface area contributed by atoms with Crippen LogP contribution in [0.1, 0.15) is 18.1 Å². The fraction of sp³-hybridized carbons (Fsp3) is 0.250. The summed E-state index contributed by atoms with van der Waals surface area (Å²) < 4.78 is 0.930. The molecule has 110 valence electrons. The Labute approximate surface area is 137 Å². The van der Waals surface area contributed by atoms with Crippen molar-refractivity contribution in [2.45, 2.75) is 31.0 Å². The standard InChI is InChI=1S/C16H17BrN2OS/c1-10-6-11(2)8-14(7-10)19-16(20)12(3)21-15-5-4-13(17)9-18-15/h4-9,12H,1-3H3,(H,19,20). The topological polar surface area (TPSA) is 42.0 Å². The number of hydrogen-bond acceptors (Lipinski definition) is 3. The lowest BCUT2D eigenvalue weighted by Gasteiger charge is -2.12. The van der Waals surface area contributed by atoms with Crippen molar-refractivity contribution < 1.29 is 4.79 Å². The Bertz CT molecular complexity index is 623. The highest BCUT2D eigenvalue weighted by Gasteiger charge is 2.15. The molecule has 2 aromatic rings. The van der Waals surface area contributed by atoms with E-state index in [4.69, 9.17) is 0 Å². The third kappa shape index (κ3) is 4.86. The van der Waals surface area contributed by atoms with Gasteiger partial charge in [-0.15, -0.1) is 0 Å². The highest BCUT2D eigenvalue weighted by atomic mass is 79.9. The summed E-state index contributed by atoms with van der Waals surface area (Å²) in [6.07, 6.45) is 1.73. The molecule has 2 rings (SSSR count). The molecule has 0 saturated carbocycles. The van der Waals surface area contributed by atoms with E-state index in [0.717, 1.165) is 26.3 Å². The number of rotatable bonds is 4. The normalized spacial score (nSPS) is 12.0. The van der Waals surface area contributed by atoms with Crippen molar-refractivity contribution in [1.82, 2.24) is 4.98 Å². The third-order valence-corrected chi connectivity index (χ3v) is 4.38. The minimum atomic E-state index is -0.209. The van der Waals surface area contributed by atoms with Gasteiger partial charge >= 0.3 is 0 Å². The highest BCUT2D eigenvalue weighted by molar-refractivity contribution is 9.10. The minimum absolute atomic E-state index is 0.0188. The summed E-state index contributed by atoms with van der Waals surface area (Å²) in [4.78, 5) is 16.5. The van der Waals surface area contributed by atoms with Crippen LogP contribution in [0.2, 0.25) is 0 Å². The Balaban J connectivity index is 2.00. The minimum Gasteiger partial charge on any atom is -0.325 e. The highest BCUT2D eigenvalue weighted by Crippen LogP contribution is 2.23. The molecule has 1 amide bonds. The number of anilines is 1. The van der Waals surface area contributed by atoms with Gasteiger partial charge in [0.15, 0.2) is 0 Å². The Morgan fingerprint density at radius 2 is 1.90 bits per heavy atom. The molecule has 0 bridgehead atoms. The van der Waals surface area contributed by atoms with E-state index in [0.29, 0.717) is 0 Å². The third-order valence-electron chi connectivity index (χ3n) is 2.86. The summed E-state index contributed by atoms with van der Waals surface area (Å²) in [5.41, 5.74) is 3.12. The van der Waals surface area contributed by atoms with Crippen molar-refractivity contribution in [2.24, 2.45) is 0 Å². The number of aromatic nitrogens is 1. The van der Waals surface area contributed by atoms with Crippen LogP contribution in [0, 0.1) is 13.8 Å². The lowest BCUT2D eigenvalue weighted by Crippen LogP contribution is -2.22. The quantitative estimate of drug-likeness (QED) is 0.807. The van der Waals surface area contributed by atoms with Crippen LogP contribution in [-0.4, -0.2) is 16.1 Å². The second-order valence-corrected chi connectivity index (χ2v) is 7.22. The van der Waals surface area contributed by atoms with Gasteiger partial charge in [-0.25, -0.2) is 4.98 Å². The van der Waals surface area contributed by atoms with Gasteiger partial charge in [-0.2, -0.15) is 0 Å². The van der Waals surface area contributed by atoms with Crippen LogP contribution < -0.4 is 5.32 Å². The van der Waals surface area contributed by atoms with Gasteiger partial charge in [-0.3, -0.25) is 4.79 Å². The van der Waals surface area contributed by atoms with E-state index in [1.54, 1.807) is 6.20 Å². The van der Waals surface area contributed by atoms with E-state index in [1.807, 2.05) is 45.0 Å². The van der Waals surface area contributed by atoms with Crippen LogP contribution in [0.3, 0.4) is 0 Å². The summed E-state index contributed by atoms with van der Waals surface area (Å²) in [6, 6.07) is 9.85. The fourth-order valence-electron chi connectivity index (χ4n) is 1.96. The number of carbonyl (C=O) groups is 1. The van der Waals surface area contributed by atoms with Crippen LogP contribution in [0.4, 0.5) is 5.69 Å². The Hall–Kier alpha value is -1.33. The number of pyridine rings is 1. The molecule has 0 saturated heterocycles. The molecule has 0 fully saturated rings. The zero-order valence-corrected chi connectivity index (χ0v) is 14.6. The lowest BCUT2D eigenvalue weighted by molar-refractivity contribution is -0.115. The van der Waals surface area contributed by atoms with Crippen molar-refractivity contribution >= 4 is 39.3 Å². The summed E-state index contributed by atoms with van der Waals surface area (Å²) in [5.74, 6) is -0.0188. The SMILES string of the molecule is Cc1cc(C)cc(NC(=O)C(C)Sc2ccc(Br)cn2)c1. The number of carbonyl (C=O) groups excluding carboxylic acids is 1. The van der Waals surface area contributed by atoms with E-state index in [2.05, 4.69) is 32.3 Å². The first-order chi connectivity index (χ1) is 9.94. The molecule has 0 aliphatic rings. The number of benzene rings is 1. The van der Waals surface area contributed by atoms with Crippen molar-refractivity contribution in [1.29, 1.82) is 0 Å². The number of hydrogen-bond donors (Lipinski definition) is 1. The van der Waals surface area contributed by atoms with Crippen LogP contribution >= 0.6 is 27.7 Å². The zero-order valence-electron chi connectivity index (χ0n) is 12.2. The summed E-state index contributed by atoms with van der Waals surface area (Å²) in [5, 5.41) is 3.58. The van der Waals surface area contributed by atoms with Crippen LogP contribution in [-0.2, 0) is 4.79 Å². The molecule has 3 nitrogen and oxygen atoms in total. The first kappa shape index (κ1) is 16.0. The van der Waals surface area contributed by atoms with Crippen LogP contribution in [0.15, 0.2) is 46.0 Å². The van der Waals surface area contributed by atoms with Crippen molar-refractivity contribution in [3.8, 4) is 0 Å². The second-order valence-electron chi connectivity index (χ2n) is 4.94. The smallest absolute Gasteiger partial charge is 0.237 e. The van der Waals surface area contributed by atoms with Gasteiger partial charge < -0.3 is 5.32 Å². The van der Waals surface area contributed by atoms with Gasteiger partial charge in [0.25, 0.3) is 0 Å². The van der Waals surface area contributed by atoms with Crippen LogP contribution in [0.5, 0.6) is 0 Å². The first-order valence-electron chi connectivity index (χ1n) is 6.61. The maximum Gasteiger partial charge on any atom is 0.237 e. The van der Waals surface area contributed by atoms with E-state index in [-0.39, 0.29) is 11.2 Å². The Kier molecular flexibility index (Phi) is 5.42. The molecule has 1 atom stereocenters. The molecule has 21 heavy (non-hydrogen) atoms. The molecule has 0 aliphatic carbocycles. The molecular formula is C16H17BrN2OS. The maximum absolute atomic E-state index is 12.2. The molecule has 0 aliphatic heterocycles. The monoisotopic (exact) mass is 364 g/mol. The Morgan fingerprint density at radius 3 is 2.48 bits per heavy atom. The molecule has 1 heterocycles. The van der Waals surface area contributed by atoms with E-state index < -0.39 is 0 Å². The van der Waals surface area contributed by atoms with Gasteiger partial charge in [0, 0.05) is 16.4 Å². The first-order valence-corrected chi connectivity index (χ1v) is 8.28. The average molecular weight is 365 g/mol. The van der Waals surface area contributed by atoms with Gasteiger partial charge in [0.2, 0.25) is 5.91 Å². The average Bonchev–Trinajstić information content (AvgIpc) is 2.40. The maximum atomic E-state index is 12.2. The largest absolute Gasteiger partial charge is 0.325 e. The van der Waals surface area contributed by atoms with Gasteiger partial charge in [0.05, 0.1) is 10.3 Å². The van der Waals surface area contributed by atoms with Crippen molar-refractivity contribution in [3.05, 3.63) is 52.1 Å². The molecule has 1 N–H and O–H groups in total. The summed E-state index contributed by atoms with van der Waals surface area (Å²) >= 11 is 4.79. The van der Waals surface area contributed by atoms with E-state index >= 15 is 0 Å². The van der Waals surface area contributed by atoms with Crippen molar-refractivity contribution in [2.75, 3.05) is 5.32 Å². The van der Waals surface area contributed by atoms with Gasteiger partial charge in [-0.1, -0.05) is 17.8 Å². The van der Waals surface area contributed by atoms with Gasteiger partial charge in [0.1, 0.15) is 0 Å². The molecule has 1 unspecified atom stereocenters. The predicted molar refractivity (Wildman–Crippen MR) is 91.8 cm³/mol. The lowest BCUT2D eigenvalue weighted by atomic mass is 10.1. The van der Waals surface area contributed by atoms with Gasteiger partial charge in [-0.05, 0) is 72.1 Å². The number of amides is 1. The number of nitrogens with one attached hydrogen (secondary N) is 1. The number of halogens is 1. The van der Waals surface area contributed by atoms with E-state index in [9.17, 15) is 4.79 Å². The molecule has 1 aromatic heterocycles. The number of aryl methyl sites for hydroxylation is 2. The Morgan fingerprint density at radius 1 is 1.24 bits per heavy atom. The second kappa shape index (κ2) is 7.09. The van der Waals surface area contributed by atoms with E-state index in [1.165, 1.54) is 11.8 Å². The zero-order chi connectivity index (χ0) is 15.4. The molecule has 0 radical (unpaired) electrons. The number of thioether (sulfide) groups is 1. The predicted octanol–water partition coefficient (Wildman–Crippen LogP) is 4.58. The fourth-order valence-corrected chi connectivity index (χ4v) is 2.98. The summed E-state index contributed by atoms with van der Waals surface area (Å²) in [7, 11) is 0. The molecule has 1 aromatic carbocycles. The molecule has 5 heteroatoms. The summed E-state index contributed by atoms with van der Waals surface area (Å²) in [6.45, 7) is 5.92. The van der Waals surface area contributed by atoms with Crippen molar-refractivity contribution in [3.63, 3.8) is 0 Å². The molecular weight excluding hydrogens is 348 g/mol. The number of nitrogens with zero attached hydrogens (tertiary/aromatic N) is 1.